The van der Waals surface area contributed by atoms with Gasteiger partial charge in [-0.05, 0) is 12.1 Å². The Morgan fingerprint density at radius 2 is 2.08 bits per heavy atom. The molecule has 3 heterocycles. The van der Waals surface area contributed by atoms with Gasteiger partial charge < -0.3 is 4.90 Å². The van der Waals surface area contributed by atoms with Crippen molar-refractivity contribution < 1.29 is 22.8 Å². The van der Waals surface area contributed by atoms with Crippen LogP contribution < -0.4 is 0 Å². The number of likely N-dealkylation sites (tertiary alicyclic amines) is 1. The van der Waals surface area contributed by atoms with Gasteiger partial charge in [-0.3, -0.25) is 19.4 Å². The number of hydrogen-bond acceptors (Lipinski definition) is 6. The smallest absolute Gasteiger partial charge is 0.312 e. The van der Waals surface area contributed by atoms with Crippen molar-refractivity contribution >= 4 is 27.3 Å². The SMILES string of the molecule is CC1(C)CN([C]=O)C2C(=O)CN(S(=O)(=O)C(=O)c3ccccn3)C21. The molecule has 24 heavy (non-hydrogen) atoms. The lowest BCUT2D eigenvalue weighted by molar-refractivity contribution is -0.119. The van der Waals surface area contributed by atoms with Crippen LogP contribution in [0.15, 0.2) is 24.4 Å². The third-order valence-electron chi connectivity index (χ3n) is 4.50. The highest BCUT2D eigenvalue weighted by molar-refractivity contribution is 8.04. The summed E-state index contributed by atoms with van der Waals surface area (Å²) in [5.74, 6) is -0.411. The lowest BCUT2D eigenvalue weighted by Crippen LogP contribution is -2.48. The highest BCUT2D eigenvalue weighted by Crippen LogP contribution is 2.42. The number of Topliss-reactive ketones (excluding diaryl/α,β-unsaturated/α-hetero) is 1. The first-order valence-corrected chi connectivity index (χ1v) is 8.78. The lowest BCUT2D eigenvalue weighted by atomic mass is 9.86. The van der Waals surface area contributed by atoms with Crippen molar-refractivity contribution in [3.63, 3.8) is 0 Å². The number of sulfonamides is 1. The second kappa shape index (κ2) is 5.45. The number of rotatable bonds is 3. The number of carbonyl (C=O) groups is 2. The lowest BCUT2D eigenvalue weighted by Gasteiger charge is -2.31. The fraction of sp³-hybridized carbons (Fsp3) is 0.467. The molecule has 0 aromatic carbocycles. The van der Waals surface area contributed by atoms with Gasteiger partial charge in [-0.2, -0.15) is 4.31 Å². The average molecular weight is 350 g/mol. The van der Waals surface area contributed by atoms with Gasteiger partial charge in [0.15, 0.2) is 5.78 Å². The quantitative estimate of drug-likeness (QED) is 0.733. The van der Waals surface area contributed by atoms with Crippen molar-refractivity contribution in [3.05, 3.63) is 30.1 Å². The Bertz CT molecular complexity index is 806. The largest absolute Gasteiger partial charge is 0.322 e. The molecule has 2 fully saturated rings. The van der Waals surface area contributed by atoms with Crippen LogP contribution in [0.2, 0.25) is 0 Å². The summed E-state index contributed by atoms with van der Waals surface area (Å²) in [6, 6.07) is 2.70. The predicted octanol–water partition coefficient (Wildman–Crippen LogP) is -0.417. The van der Waals surface area contributed by atoms with Crippen molar-refractivity contribution in [1.29, 1.82) is 0 Å². The summed E-state index contributed by atoms with van der Waals surface area (Å²) >= 11 is 0. The molecule has 0 spiro atoms. The van der Waals surface area contributed by atoms with Crippen LogP contribution in [0.4, 0.5) is 0 Å². The summed E-state index contributed by atoms with van der Waals surface area (Å²) < 4.78 is 26.5. The highest BCUT2D eigenvalue weighted by Gasteiger charge is 2.61. The molecule has 1 aromatic heterocycles. The van der Waals surface area contributed by atoms with Gasteiger partial charge in [-0.1, -0.05) is 19.9 Å². The minimum atomic E-state index is -4.43. The molecule has 2 atom stereocenters. The Kier molecular flexibility index (Phi) is 3.80. The number of amides is 1. The maximum Gasteiger partial charge on any atom is 0.312 e. The zero-order valence-corrected chi connectivity index (χ0v) is 14.0. The van der Waals surface area contributed by atoms with Gasteiger partial charge in [0.2, 0.25) is 0 Å². The van der Waals surface area contributed by atoms with E-state index in [2.05, 4.69) is 4.98 Å². The molecule has 0 saturated carbocycles. The molecule has 127 valence electrons. The summed E-state index contributed by atoms with van der Waals surface area (Å²) in [6.07, 6.45) is 3.02. The summed E-state index contributed by atoms with van der Waals surface area (Å²) in [6.45, 7) is 3.28. The van der Waals surface area contributed by atoms with E-state index < -0.39 is 45.0 Å². The molecule has 3 rings (SSSR count). The van der Waals surface area contributed by atoms with Crippen LogP contribution in [0.25, 0.3) is 0 Å². The minimum absolute atomic E-state index is 0.196. The maximum absolute atomic E-state index is 12.8. The van der Waals surface area contributed by atoms with Crippen LogP contribution in [0.3, 0.4) is 0 Å². The molecule has 0 N–H and O–H groups in total. The topological polar surface area (TPSA) is 105 Å². The van der Waals surface area contributed by atoms with E-state index in [0.717, 1.165) is 4.31 Å². The van der Waals surface area contributed by atoms with Crippen LogP contribution >= 0.6 is 0 Å². The van der Waals surface area contributed by atoms with Gasteiger partial charge in [0.25, 0.3) is 10.0 Å². The van der Waals surface area contributed by atoms with E-state index in [9.17, 15) is 22.8 Å². The van der Waals surface area contributed by atoms with Crippen LogP contribution in [-0.2, 0) is 19.6 Å². The van der Waals surface area contributed by atoms with Gasteiger partial charge in [0.1, 0.15) is 11.7 Å². The Morgan fingerprint density at radius 1 is 1.38 bits per heavy atom. The zero-order chi connectivity index (χ0) is 17.7. The van der Waals surface area contributed by atoms with E-state index in [1.165, 1.54) is 23.2 Å². The minimum Gasteiger partial charge on any atom is -0.322 e. The molecule has 2 aliphatic heterocycles. The number of aromatic nitrogens is 1. The van der Waals surface area contributed by atoms with Crippen LogP contribution in [-0.4, -0.2) is 65.1 Å². The van der Waals surface area contributed by atoms with Crippen LogP contribution in [0.1, 0.15) is 24.3 Å². The molecule has 1 aromatic rings. The summed E-state index contributed by atoms with van der Waals surface area (Å²) in [5.41, 5.74) is -0.880. The number of ketones is 1. The third-order valence-corrected chi connectivity index (χ3v) is 6.15. The fourth-order valence-electron chi connectivity index (χ4n) is 3.52. The average Bonchev–Trinajstić information content (AvgIpc) is 3.04. The van der Waals surface area contributed by atoms with Crippen molar-refractivity contribution in [2.75, 3.05) is 13.1 Å². The highest BCUT2D eigenvalue weighted by atomic mass is 32.2. The third kappa shape index (κ3) is 2.35. The second-order valence-electron chi connectivity index (χ2n) is 6.62. The number of carbonyl (C=O) groups excluding carboxylic acids is 3. The second-order valence-corrected chi connectivity index (χ2v) is 8.41. The van der Waals surface area contributed by atoms with Gasteiger partial charge >= 0.3 is 11.5 Å². The van der Waals surface area contributed by atoms with Crippen molar-refractivity contribution in [1.82, 2.24) is 14.2 Å². The number of pyridine rings is 1. The van der Waals surface area contributed by atoms with E-state index in [1.54, 1.807) is 26.3 Å². The summed E-state index contributed by atoms with van der Waals surface area (Å²) in [5, 5.41) is -1.15. The standard InChI is InChI=1S/C15H16N3O5S/c1-15(2)8-17(9-19)12-11(20)7-18(13(12)15)24(22,23)14(21)10-5-3-4-6-16-10/h3-6,12-13H,7-8H2,1-2H3. The van der Waals surface area contributed by atoms with Crippen molar-refractivity contribution in [2.45, 2.75) is 25.9 Å². The van der Waals surface area contributed by atoms with Gasteiger partial charge in [0, 0.05) is 18.2 Å². The van der Waals surface area contributed by atoms with Crippen molar-refractivity contribution in [3.8, 4) is 0 Å². The molecule has 2 saturated heterocycles. The Labute approximate surface area is 139 Å². The van der Waals surface area contributed by atoms with E-state index in [4.69, 9.17) is 0 Å². The molecule has 9 heteroatoms. The van der Waals surface area contributed by atoms with Gasteiger partial charge in [-0.15, -0.1) is 0 Å². The normalized spacial score (nSPS) is 26.4. The van der Waals surface area contributed by atoms with Crippen LogP contribution in [0, 0.1) is 5.41 Å². The fourth-order valence-corrected chi connectivity index (χ4v) is 5.11. The molecular weight excluding hydrogens is 334 g/mol. The molecule has 1 radical (unpaired) electrons. The Hall–Kier alpha value is -2.13. The molecule has 8 nitrogen and oxygen atoms in total. The van der Waals surface area contributed by atoms with E-state index in [-0.39, 0.29) is 12.2 Å². The zero-order valence-electron chi connectivity index (χ0n) is 13.2. The molecule has 2 unspecified atom stereocenters. The Morgan fingerprint density at radius 3 is 2.67 bits per heavy atom. The molecular formula is C15H16N3O5S. The van der Waals surface area contributed by atoms with Gasteiger partial charge in [0.05, 0.1) is 12.6 Å². The molecule has 1 amide bonds. The first kappa shape index (κ1) is 16.7. The maximum atomic E-state index is 12.8. The monoisotopic (exact) mass is 350 g/mol. The molecule has 0 bridgehead atoms. The first-order chi connectivity index (χ1) is 11.2. The molecule has 2 aliphatic rings. The first-order valence-electron chi connectivity index (χ1n) is 7.34. The van der Waals surface area contributed by atoms with E-state index >= 15 is 0 Å². The Balaban J connectivity index is 2.02. The summed E-state index contributed by atoms with van der Waals surface area (Å²) in [4.78, 5) is 40.8. The molecule has 0 aliphatic carbocycles. The van der Waals surface area contributed by atoms with E-state index in [1.807, 2.05) is 0 Å². The van der Waals surface area contributed by atoms with Crippen LogP contribution in [0.5, 0.6) is 0 Å². The van der Waals surface area contributed by atoms with Crippen molar-refractivity contribution in [2.24, 2.45) is 5.41 Å². The van der Waals surface area contributed by atoms with E-state index in [0.29, 0.717) is 0 Å². The number of nitrogens with zero attached hydrogens (tertiary/aromatic N) is 3. The summed E-state index contributed by atoms with van der Waals surface area (Å²) in [7, 11) is -4.43. The number of hydrogen-bond donors (Lipinski definition) is 0. The predicted molar refractivity (Wildman–Crippen MR) is 83.0 cm³/mol. The van der Waals surface area contributed by atoms with Gasteiger partial charge in [-0.25, -0.2) is 8.42 Å². The number of fused-ring (bicyclic) bond motifs is 1.